The lowest BCUT2D eigenvalue weighted by atomic mass is 10.1. The van der Waals surface area contributed by atoms with Crippen LogP contribution in [0.15, 0.2) is 22.7 Å². The molecule has 0 amide bonds. The third-order valence-electron chi connectivity index (χ3n) is 2.92. The van der Waals surface area contributed by atoms with Crippen molar-refractivity contribution in [3.63, 3.8) is 0 Å². The van der Waals surface area contributed by atoms with Crippen molar-refractivity contribution in [2.24, 2.45) is 0 Å². The molecule has 2 rings (SSSR count). The van der Waals surface area contributed by atoms with Crippen LogP contribution in [-0.2, 0) is 6.42 Å². The number of benzene rings is 1. The Balaban J connectivity index is 2.36. The number of nitrogens with one attached hydrogen (secondary N) is 1. The molecule has 0 atom stereocenters. The molecule has 1 aromatic carbocycles. The zero-order valence-electron chi connectivity index (χ0n) is 10.9. The maximum Gasteiger partial charge on any atom is 0.124 e. The van der Waals surface area contributed by atoms with Crippen LogP contribution in [0.5, 0.6) is 0 Å². The third-order valence-corrected chi connectivity index (χ3v) is 4.67. The van der Waals surface area contributed by atoms with E-state index in [1.165, 1.54) is 16.0 Å². The van der Waals surface area contributed by atoms with Crippen molar-refractivity contribution in [3.8, 4) is 10.6 Å². The molecule has 0 aliphatic heterocycles. The topological polar surface area (TPSA) is 24.9 Å². The van der Waals surface area contributed by atoms with E-state index in [9.17, 15) is 0 Å². The molecule has 4 heteroatoms. The van der Waals surface area contributed by atoms with E-state index in [0.29, 0.717) is 0 Å². The Morgan fingerprint density at radius 3 is 2.83 bits per heavy atom. The lowest BCUT2D eigenvalue weighted by molar-refractivity contribution is 0.795. The van der Waals surface area contributed by atoms with Crippen molar-refractivity contribution in [3.05, 3.63) is 38.8 Å². The number of hydrogen-bond acceptors (Lipinski definition) is 3. The molecule has 0 saturated carbocycles. The molecule has 0 bridgehead atoms. The summed E-state index contributed by atoms with van der Waals surface area (Å²) in [7, 11) is 1.98. The Labute approximate surface area is 121 Å². The van der Waals surface area contributed by atoms with Gasteiger partial charge in [0.15, 0.2) is 0 Å². The first-order valence-electron chi connectivity index (χ1n) is 5.99. The predicted molar refractivity (Wildman–Crippen MR) is 82.4 cm³/mol. The first-order chi connectivity index (χ1) is 8.61. The molecular weight excluding hydrogens is 308 g/mol. The summed E-state index contributed by atoms with van der Waals surface area (Å²) in [5.74, 6) is 0. The number of aryl methyl sites for hydroxylation is 2. The number of aromatic nitrogens is 1. The van der Waals surface area contributed by atoms with Gasteiger partial charge >= 0.3 is 0 Å². The lowest BCUT2D eigenvalue weighted by Crippen LogP contribution is -2.09. The average Bonchev–Trinajstić information content (AvgIpc) is 2.71. The summed E-state index contributed by atoms with van der Waals surface area (Å²) >= 11 is 5.33. The van der Waals surface area contributed by atoms with Crippen LogP contribution in [0.2, 0.25) is 0 Å². The van der Waals surface area contributed by atoms with Crippen LogP contribution in [0, 0.1) is 13.8 Å². The van der Waals surface area contributed by atoms with E-state index >= 15 is 0 Å². The number of rotatable bonds is 4. The van der Waals surface area contributed by atoms with Gasteiger partial charge < -0.3 is 5.32 Å². The van der Waals surface area contributed by atoms with E-state index in [0.717, 1.165) is 28.1 Å². The van der Waals surface area contributed by atoms with Crippen LogP contribution < -0.4 is 5.32 Å². The predicted octanol–water partition coefficient (Wildman–Crippen LogP) is 3.95. The normalized spacial score (nSPS) is 10.9. The summed E-state index contributed by atoms with van der Waals surface area (Å²) in [6.45, 7) is 5.23. The first kappa shape index (κ1) is 13.7. The van der Waals surface area contributed by atoms with Gasteiger partial charge in [0.1, 0.15) is 5.01 Å². The van der Waals surface area contributed by atoms with Gasteiger partial charge in [0.25, 0.3) is 0 Å². The van der Waals surface area contributed by atoms with E-state index in [4.69, 9.17) is 4.98 Å². The Hall–Kier alpha value is -0.710. The Bertz CT molecular complexity index is 549. The van der Waals surface area contributed by atoms with Gasteiger partial charge in [-0.15, -0.1) is 11.3 Å². The second kappa shape index (κ2) is 5.95. The molecule has 2 nitrogen and oxygen atoms in total. The van der Waals surface area contributed by atoms with Gasteiger partial charge in [-0.25, -0.2) is 4.98 Å². The van der Waals surface area contributed by atoms with E-state index < -0.39 is 0 Å². The fourth-order valence-electron chi connectivity index (χ4n) is 1.84. The van der Waals surface area contributed by atoms with Gasteiger partial charge in [-0.3, -0.25) is 0 Å². The number of thiazole rings is 1. The quantitative estimate of drug-likeness (QED) is 0.921. The molecule has 2 aromatic rings. The molecule has 1 N–H and O–H groups in total. The smallest absolute Gasteiger partial charge is 0.124 e. The standard InChI is InChI=1S/C14H17BrN2S/c1-9-4-5-11(15)8-12(9)14-17-10(2)13(18-14)6-7-16-3/h4-5,8,16H,6-7H2,1-3H3. The molecule has 0 aliphatic rings. The second-order valence-electron chi connectivity index (χ2n) is 4.34. The molecule has 0 spiro atoms. The van der Waals surface area contributed by atoms with Crippen molar-refractivity contribution < 1.29 is 0 Å². The molecule has 0 saturated heterocycles. The zero-order valence-corrected chi connectivity index (χ0v) is 13.3. The second-order valence-corrected chi connectivity index (χ2v) is 6.34. The summed E-state index contributed by atoms with van der Waals surface area (Å²) < 4.78 is 1.10. The number of likely N-dealkylation sites (N-methyl/N-ethyl adjacent to an activating group) is 1. The molecule has 18 heavy (non-hydrogen) atoms. The maximum absolute atomic E-state index is 4.71. The van der Waals surface area contributed by atoms with Crippen molar-refractivity contribution >= 4 is 27.3 Å². The maximum atomic E-state index is 4.71. The number of nitrogens with zero attached hydrogens (tertiary/aromatic N) is 1. The summed E-state index contributed by atoms with van der Waals surface area (Å²) in [6.07, 6.45) is 1.05. The van der Waals surface area contributed by atoms with Crippen LogP contribution >= 0.6 is 27.3 Å². The van der Waals surface area contributed by atoms with Crippen LogP contribution in [0.4, 0.5) is 0 Å². The molecule has 0 aliphatic carbocycles. The third kappa shape index (κ3) is 2.99. The van der Waals surface area contributed by atoms with E-state index in [2.05, 4.69) is 53.3 Å². The van der Waals surface area contributed by atoms with Gasteiger partial charge in [-0.1, -0.05) is 22.0 Å². The molecular formula is C14H17BrN2S. The summed E-state index contributed by atoms with van der Waals surface area (Å²) in [5, 5.41) is 4.31. The Morgan fingerprint density at radius 1 is 1.33 bits per heavy atom. The van der Waals surface area contributed by atoms with Crippen LogP contribution in [0.25, 0.3) is 10.6 Å². The van der Waals surface area contributed by atoms with Crippen LogP contribution in [-0.4, -0.2) is 18.6 Å². The molecule has 0 radical (unpaired) electrons. The van der Waals surface area contributed by atoms with Crippen LogP contribution in [0.3, 0.4) is 0 Å². The monoisotopic (exact) mass is 324 g/mol. The molecule has 0 fully saturated rings. The number of halogens is 1. The van der Waals surface area contributed by atoms with Crippen LogP contribution in [0.1, 0.15) is 16.1 Å². The highest BCUT2D eigenvalue weighted by molar-refractivity contribution is 9.10. The van der Waals surface area contributed by atoms with Crippen molar-refractivity contribution in [2.45, 2.75) is 20.3 Å². The fraction of sp³-hybridized carbons (Fsp3) is 0.357. The summed E-state index contributed by atoms with van der Waals surface area (Å²) in [5.41, 5.74) is 3.66. The summed E-state index contributed by atoms with van der Waals surface area (Å²) in [4.78, 5) is 6.08. The minimum absolute atomic E-state index is 1.000. The van der Waals surface area contributed by atoms with Crippen molar-refractivity contribution in [1.29, 1.82) is 0 Å². The number of hydrogen-bond donors (Lipinski definition) is 1. The fourth-order valence-corrected chi connectivity index (χ4v) is 3.34. The minimum Gasteiger partial charge on any atom is -0.319 e. The van der Waals surface area contributed by atoms with E-state index in [1.54, 1.807) is 11.3 Å². The SMILES string of the molecule is CNCCc1sc(-c2cc(Br)ccc2C)nc1C. The first-order valence-corrected chi connectivity index (χ1v) is 7.60. The van der Waals surface area contributed by atoms with Gasteiger partial charge in [0, 0.05) is 14.9 Å². The highest BCUT2D eigenvalue weighted by Crippen LogP contribution is 2.32. The van der Waals surface area contributed by atoms with E-state index in [1.807, 2.05) is 7.05 Å². The van der Waals surface area contributed by atoms with Crippen molar-refractivity contribution in [1.82, 2.24) is 10.3 Å². The van der Waals surface area contributed by atoms with Gasteiger partial charge in [-0.05, 0) is 51.6 Å². The molecule has 1 heterocycles. The lowest BCUT2D eigenvalue weighted by Gasteiger charge is -2.02. The van der Waals surface area contributed by atoms with Crippen molar-refractivity contribution in [2.75, 3.05) is 13.6 Å². The molecule has 0 unspecified atom stereocenters. The molecule has 1 aromatic heterocycles. The van der Waals surface area contributed by atoms with E-state index in [-0.39, 0.29) is 0 Å². The Morgan fingerprint density at radius 2 is 2.11 bits per heavy atom. The van der Waals surface area contributed by atoms with Gasteiger partial charge in [0.05, 0.1) is 5.69 Å². The van der Waals surface area contributed by atoms with Gasteiger partial charge in [0.2, 0.25) is 0 Å². The zero-order chi connectivity index (χ0) is 13.1. The van der Waals surface area contributed by atoms with Gasteiger partial charge in [-0.2, -0.15) is 0 Å². The highest BCUT2D eigenvalue weighted by atomic mass is 79.9. The summed E-state index contributed by atoms with van der Waals surface area (Å²) in [6, 6.07) is 6.35. The highest BCUT2D eigenvalue weighted by Gasteiger charge is 2.11. The minimum atomic E-state index is 1.000. The largest absolute Gasteiger partial charge is 0.319 e. The average molecular weight is 325 g/mol. The Kier molecular flexibility index (Phi) is 4.54. The molecule has 96 valence electrons.